The zero-order valence-corrected chi connectivity index (χ0v) is 25.9. The summed E-state index contributed by atoms with van der Waals surface area (Å²) in [6.45, 7) is 5.02. The number of hydrogen-bond donors (Lipinski definition) is 0. The van der Waals surface area contributed by atoms with Gasteiger partial charge in [0.15, 0.2) is 11.6 Å². The SMILES string of the molecule is CCCCCCCCCCCCOc1ccc(C(=O)Oc2ccc(C(=O)Oc3ccc(CCCCC)cc3F)cc2)cc1. The fourth-order valence-corrected chi connectivity index (χ4v) is 4.81. The third-order valence-electron chi connectivity index (χ3n) is 7.43. The summed E-state index contributed by atoms with van der Waals surface area (Å²) in [6, 6.07) is 17.5. The first kappa shape index (κ1) is 33.8. The van der Waals surface area contributed by atoms with Gasteiger partial charge in [0.2, 0.25) is 0 Å². The van der Waals surface area contributed by atoms with Crippen molar-refractivity contribution in [2.24, 2.45) is 0 Å². The number of hydrogen-bond acceptors (Lipinski definition) is 5. The monoisotopic (exact) mass is 590 g/mol. The van der Waals surface area contributed by atoms with Gasteiger partial charge in [-0.3, -0.25) is 0 Å². The standard InChI is InChI=1S/C37H47FO5/c1-3-5-7-8-9-10-11-12-13-15-27-41-32-22-18-30(19-23-32)36(39)42-33-24-20-31(21-25-33)37(40)43-35-26-17-29(28-34(35)38)16-14-6-4-2/h17-26,28H,3-16,27H2,1-2H3. The van der Waals surface area contributed by atoms with Crippen LogP contribution in [0.3, 0.4) is 0 Å². The Morgan fingerprint density at radius 3 is 1.67 bits per heavy atom. The van der Waals surface area contributed by atoms with Gasteiger partial charge in [0.1, 0.15) is 11.5 Å². The molecule has 0 N–H and O–H groups in total. The molecule has 3 aromatic carbocycles. The van der Waals surface area contributed by atoms with Crippen LogP contribution in [0.25, 0.3) is 0 Å². The predicted octanol–water partition coefficient (Wildman–Crippen LogP) is 10.3. The Bertz CT molecular complexity index is 1240. The number of benzene rings is 3. The Balaban J connectivity index is 1.37. The zero-order valence-electron chi connectivity index (χ0n) is 25.9. The fraction of sp³-hybridized carbons (Fsp3) is 0.459. The molecule has 0 bridgehead atoms. The number of carbonyl (C=O) groups excluding carboxylic acids is 2. The Morgan fingerprint density at radius 1 is 0.581 bits per heavy atom. The molecule has 0 unspecified atom stereocenters. The van der Waals surface area contributed by atoms with Crippen molar-refractivity contribution in [3.8, 4) is 17.2 Å². The van der Waals surface area contributed by atoms with Crippen LogP contribution >= 0.6 is 0 Å². The third-order valence-corrected chi connectivity index (χ3v) is 7.43. The molecule has 0 heterocycles. The first-order chi connectivity index (χ1) is 21.0. The lowest BCUT2D eigenvalue weighted by molar-refractivity contribution is 0.0725. The lowest BCUT2D eigenvalue weighted by Gasteiger charge is -2.09. The minimum Gasteiger partial charge on any atom is -0.494 e. The van der Waals surface area contributed by atoms with Gasteiger partial charge in [0.25, 0.3) is 0 Å². The van der Waals surface area contributed by atoms with Crippen LogP contribution in [-0.2, 0) is 6.42 Å². The number of ether oxygens (including phenoxy) is 3. The minimum absolute atomic E-state index is 0.115. The number of carbonyl (C=O) groups is 2. The highest BCUT2D eigenvalue weighted by Gasteiger charge is 2.14. The third kappa shape index (κ3) is 12.6. The molecular weight excluding hydrogens is 543 g/mol. The van der Waals surface area contributed by atoms with Crippen molar-refractivity contribution < 1.29 is 28.2 Å². The first-order valence-corrected chi connectivity index (χ1v) is 16.1. The maximum absolute atomic E-state index is 14.5. The normalized spacial score (nSPS) is 10.9. The van der Waals surface area contributed by atoms with E-state index < -0.39 is 17.8 Å². The van der Waals surface area contributed by atoms with Gasteiger partial charge in [-0.15, -0.1) is 0 Å². The van der Waals surface area contributed by atoms with E-state index in [2.05, 4.69) is 13.8 Å². The summed E-state index contributed by atoms with van der Waals surface area (Å²) in [5.41, 5.74) is 1.49. The second-order valence-corrected chi connectivity index (χ2v) is 11.1. The molecule has 0 fully saturated rings. The molecule has 0 aliphatic heterocycles. The van der Waals surface area contributed by atoms with Crippen molar-refractivity contribution in [2.45, 2.75) is 104 Å². The number of rotatable bonds is 20. The van der Waals surface area contributed by atoms with Crippen molar-refractivity contribution in [3.63, 3.8) is 0 Å². The van der Waals surface area contributed by atoms with Crippen molar-refractivity contribution in [1.29, 1.82) is 0 Å². The van der Waals surface area contributed by atoms with E-state index in [1.165, 1.54) is 94.2 Å². The van der Waals surface area contributed by atoms with Gasteiger partial charge in [-0.1, -0.05) is 90.5 Å². The maximum Gasteiger partial charge on any atom is 0.343 e. The minimum atomic E-state index is -0.691. The van der Waals surface area contributed by atoms with Crippen molar-refractivity contribution in [2.75, 3.05) is 6.61 Å². The van der Waals surface area contributed by atoms with E-state index in [0.717, 1.165) is 43.4 Å². The molecule has 0 amide bonds. The Labute approximate surface area is 256 Å². The van der Waals surface area contributed by atoms with E-state index in [-0.39, 0.29) is 17.1 Å². The summed E-state index contributed by atoms with van der Waals surface area (Å²) in [6.07, 6.45) is 16.7. The molecule has 0 aliphatic carbocycles. The summed E-state index contributed by atoms with van der Waals surface area (Å²) >= 11 is 0. The average molecular weight is 591 g/mol. The van der Waals surface area contributed by atoms with E-state index in [1.807, 2.05) is 0 Å². The molecule has 3 aromatic rings. The van der Waals surface area contributed by atoms with Crippen molar-refractivity contribution in [1.82, 2.24) is 0 Å². The molecule has 0 spiro atoms. The summed E-state index contributed by atoms with van der Waals surface area (Å²) < 4.78 is 31.0. The van der Waals surface area contributed by atoms with E-state index in [0.29, 0.717) is 12.2 Å². The fourth-order valence-electron chi connectivity index (χ4n) is 4.81. The van der Waals surface area contributed by atoms with Gasteiger partial charge < -0.3 is 14.2 Å². The summed E-state index contributed by atoms with van der Waals surface area (Å²) in [5, 5.41) is 0. The van der Waals surface area contributed by atoms with E-state index in [9.17, 15) is 14.0 Å². The largest absolute Gasteiger partial charge is 0.494 e. The van der Waals surface area contributed by atoms with Gasteiger partial charge >= 0.3 is 11.9 Å². The van der Waals surface area contributed by atoms with Gasteiger partial charge in [0.05, 0.1) is 17.7 Å². The molecule has 5 nitrogen and oxygen atoms in total. The lowest BCUT2D eigenvalue weighted by Crippen LogP contribution is -2.11. The number of esters is 2. The van der Waals surface area contributed by atoms with Crippen molar-refractivity contribution >= 4 is 11.9 Å². The topological polar surface area (TPSA) is 61.8 Å². The summed E-state index contributed by atoms with van der Waals surface area (Å²) in [5.74, 6) is -0.885. The van der Waals surface area contributed by atoms with E-state index >= 15 is 0 Å². The van der Waals surface area contributed by atoms with Crippen LogP contribution in [0, 0.1) is 5.82 Å². The smallest absolute Gasteiger partial charge is 0.343 e. The van der Waals surface area contributed by atoms with Crippen LogP contribution in [0.1, 0.15) is 124 Å². The summed E-state index contributed by atoms with van der Waals surface area (Å²) in [7, 11) is 0. The highest BCUT2D eigenvalue weighted by atomic mass is 19.1. The maximum atomic E-state index is 14.5. The molecule has 0 atom stereocenters. The number of aryl methyl sites for hydroxylation is 1. The molecule has 43 heavy (non-hydrogen) atoms. The van der Waals surface area contributed by atoms with Gasteiger partial charge in [-0.25, -0.2) is 14.0 Å². The molecule has 3 rings (SSSR count). The first-order valence-electron chi connectivity index (χ1n) is 16.1. The molecule has 0 saturated heterocycles. The van der Waals surface area contributed by atoms with Crippen LogP contribution < -0.4 is 14.2 Å². The van der Waals surface area contributed by atoms with Crippen molar-refractivity contribution in [3.05, 3.63) is 89.2 Å². The van der Waals surface area contributed by atoms with Gasteiger partial charge in [-0.05, 0) is 85.5 Å². The molecule has 0 aromatic heterocycles. The lowest BCUT2D eigenvalue weighted by atomic mass is 10.1. The second-order valence-electron chi connectivity index (χ2n) is 11.1. The van der Waals surface area contributed by atoms with Crippen LogP contribution in [0.2, 0.25) is 0 Å². The van der Waals surface area contributed by atoms with Crippen LogP contribution in [0.5, 0.6) is 17.2 Å². The molecule has 0 aliphatic rings. The van der Waals surface area contributed by atoms with E-state index in [1.54, 1.807) is 30.3 Å². The highest BCUT2D eigenvalue weighted by Crippen LogP contribution is 2.22. The van der Waals surface area contributed by atoms with Crippen LogP contribution in [0.15, 0.2) is 66.7 Å². The summed E-state index contributed by atoms with van der Waals surface area (Å²) in [4.78, 5) is 25.1. The van der Waals surface area contributed by atoms with E-state index in [4.69, 9.17) is 14.2 Å². The second kappa shape index (κ2) is 19.5. The molecule has 0 radical (unpaired) electrons. The molecule has 0 saturated carbocycles. The molecule has 6 heteroatoms. The van der Waals surface area contributed by atoms with Gasteiger partial charge in [-0.2, -0.15) is 0 Å². The average Bonchev–Trinajstić information content (AvgIpc) is 3.02. The molecule has 232 valence electrons. The Kier molecular flexibility index (Phi) is 15.3. The van der Waals surface area contributed by atoms with Crippen LogP contribution in [-0.4, -0.2) is 18.5 Å². The highest BCUT2D eigenvalue weighted by molar-refractivity contribution is 5.92. The number of halogens is 1. The quantitative estimate of drug-likeness (QED) is 0.0744. The van der Waals surface area contributed by atoms with Crippen LogP contribution in [0.4, 0.5) is 4.39 Å². The Morgan fingerprint density at radius 2 is 1.09 bits per heavy atom. The molecular formula is C37H47FO5. The zero-order chi connectivity index (χ0) is 30.7. The Hall–Kier alpha value is -3.67. The van der Waals surface area contributed by atoms with Gasteiger partial charge in [0, 0.05) is 0 Å². The number of unbranched alkanes of at least 4 members (excludes halogenated alkanes) is 11. The predicted molar refractivity (Wildman–Crippen MR) is 170 cm³/mol.